The number of aliphatic carboxylic acids is 1. The first-order valence-corrected chi connectivity index (χ1v) is 4.58. The molecule has 14 heteroatoms. The maximum atomic E-state index is 10.5. The van der Waals surface area contributed by atoms with Gasteiger partial charge in [-0.2, -0.15) is 0 Å². The third-order valence-corrected chi connectivity index (χ3v) is 2.26. The number of hydrogen-bond acceptors (Lipinski definition) is 2. The average molecular weight is 341 g/mol. The van der Waals surface area contributed by atoms with Crippen molar-refractivity contribution < 1.29 is 51.2 Å². The summed E-state index contributed by atoms with van der Waals surface area (Å²) in [7, 11) is 0. The molecule has 0 amide bonds. The Bertz CT molecular complexity index is 225. The summed E-state index contributed by atoms with van der Waals surface area (Å²) in [5.41, 5.74) is 8.14. The molecule has 0 atom stereocenters. The minimum absolute atomic E-state index is 0. The van der Waals surface area contributed by atoms with Gasteiger partial charge >= 0.3 is 5.97 Å². The van der Waals surface area contributed by atoms with Crippen LogP contribution >= 0.6 is 0 Å². The molecule has 0 bridgehead atoms. The van der Waals surface area contributed by atoms with E-state index in [-0.39, 0.29) is 16.7 Å². The number of carboxylic acids is 1. The average Bonchev–Trinajstić information content (AvgIpc) is 2.56. The van der Waals surface area contributed by atoms with E-state index in [2.05, 4.69) is 10.0 Å². The van der Waals surface area contributed by atoms with Gasteiger partial charge in [0.15, 0.2) is 0 Å². The lowest BCUT2D eigenvalue weighted by Crippen LogP contribution is -2.22. The Morgan fingerprint density at radius 1 is 0.952 bits per heavy atom. The Morgan fingerprint density at radius 2 is 1.29 bits per heavy atom. The quantitative estimate of drug-likeness (QED) is 0.313. The van der Waals surface area contributed by atoms with Crippen LogP contribution in [0.5, 0.6) is 0 Å². The summed E-state index contributed by atoms with van der Waals surface area (Å²) in [6.45, 7) is 0. The molecule has 0 spiro atoms. The molecule has 0 heterocycles. The zero-order valence-corrected chi connectivity index (χ0v) is 10.1. The molecule has 0 radical (unpaired) electrons. The number of nitrogens with zero attached hydrogens (tertiary/aromatic N) is 3. The molecule has 0 saturated heterocycles. The van der Waals surface area contributed by atoms with Crippen LogP contribution in [0.2, 0.25) is 0 Å². The zero-order valence-electron chi connectivity index (χ0n) is 10.1. The van der Waals surface area contributed by atoms with Crippen LogP contribution in [-0.2, 0) is 4.79 Å². The van der Waals surface area contributed by atoms with Gasteiger partial charge in [0.05, 0.1) is 5.92 Å². The summed E-state index contributed by atoms with van der Waals surface area (Å²) in [6.07, 6.45) is 2.69. The molecule has 1 aliphatic carbocycles. The van der Waals surface area contributed by atoms with Crippen molar-refractivity contribution in [2.24, 2.45) is 11.0 Å². The second kappa shape index (κ2) is 30.9. The molecule has 1 N–H and O–H groups in total. The second-order valence-electron chi connectivity index (χ2n) is 3.05. The fourth-order valence-corrected chi connectivity index (χ4v) is 1.51. The first-order chi connectivity index (χ1) is 9.74. The highest BCUT2D eigenvalue weighted by Crippen LogP contribution is 2.26. The number of halogens is 9. The van der Waals surface area contributed by atoms with E-state index in [1.54, 1.807) is 0 Å². The highest BCUT2D eigenvalue weighted by Gasteiger charge is 2.24. The van der Waals surface area contributed by atoms with Crippen molar-refractivity contribution in [1.82, 2.24) is 0 Å². The van der Waals surface area contributed by atoms with E-state index in [9.17, 15) is 4.79 Å². The van der Waals surface area contributed by atoms with E-state index < -0.39 is 5.97 Å². The summed E-state index contributed by atoms with van der Waals surface area (Å²) in [5, 5.41) is 12.2. The Labute approximate surface area is 112 Å². The highest BCUT2D eigenvalue weighted by molar-refractivity contribution is 5.70. The number of carboxylic acid groups (broad SMARTS) is 1. The second-order valence-corrected chi connectivity index (χ2v) is 3.05. The molecule has 0 aromatic carbocycles. The lowest BCUT2D eigenvalue weighted by Gasteiger charge is -2.22. The summed E-state index contributed by atoms with van der Waals surface area (Å²) in [6, 6.07) is 0.0191. The summed E-state index contributed by atoms with van der Waals surface area (Å²) >= 11 is 0. The topological polar surface area (TPSA) is 86.1 Å². The van der Waals surface area contributed by atoms with Crippen molar-refractivity contribution >= 4 is 5.97 Å². The fourth-order valence-electron chi connectivity index (χ4n) is 1.51. The fraction of sp³-hybridized carbons (Fsp3) is 0.857. The Kier molecular flexibility index (Phi) is 46.3. The monoisotopic (exact) mass is 341 g/mol. The molecule has 1 rings (SSSR count). The third-order valence-electron chi connectivity index (χ3n) is 2.26. The van der Waals surface area contributed by atoms with Gasteiger partial charge < -0.3 is 5.11 Å². The van der Waals surface area contributed by atoms with E-state index in [1.807, 2.05) is 0 Å². The molecule has 0 aliphatic heterocycles. The maximum absolute atomic E-state index is 10.5. The van der Waals surface area contributed by atoms with Crippen molar-refractivity contribution in [2.45, 2.75) is 31.7 Å². The summed E-state index contributed by atoms with van der Waals surface area (Å²) in [4.78, 5) is 13.2. The number of carbonyl (C=O) groups is 1. The van der Waals surface area contributed by atoms with Crippen LogP contribution in [0.25, 0.3) is 10.4 Å². The van der Waals surface area contributed by atoms with E-state index in [1.165, 1.54) is 0 Å². The maximum Gasteiger partial charge on any atom is 0.306 e. The minimum Gasteiger partial charge on any atom is -0.481 e. The van der Waals surface area contributed by atoms with E-state index in [0.29, 0.717) is 25.7 Å². The lowest BCUT2D eigenvalue weighted by atomic mass is 9.86. The van der Waals surface area contributed by atoms with Gasteiger partial charge in [0.2, 0.25) is 0 Å². The van der Waals surface area contributed by atoms with Gasteiger partial charge in [0.25, 0.3) is 0 Å². The van der Waals surface area contributed by atoms with E-state index in [0.717, 1.165) is 0 Å². The molecular weight excluding hydrogens is 329 g/mol. The molecule has 1 fully saturated rings. The molecule has 21 heavy (non-hydrogen) atoms. The standard InChI is InChI=1S/C7H11N3O2.4F2.FH/c8-10-9-6-3-1-5(2-4-6)7(11)12;4*1-2;/h5-6H,1-4H2,(H,11,12);;;;;1H. The number of rotatable bonds is 2. The van der Waals surface area contributed by atoms with Crippen molar-refractivity contribution in [1.29, 1.82) is 0 Å². The molecular formula is C7H12F9N3O2. The Hall–Kier alpha value is -1.85. The summed E-state index contributed by atoms with van der Waals surface area (Å²) in [5.74, 6) is -0.954. The largest absolute Gasteiger partial charge is 0.481 e. The SMILES string of the molecule is F.FF.FF.FF.FF.[N-]=[N+]=NC1CCC(C(=O)O)CC1. The van der Waals surface area contributed by atoms with Gasteiger partial charge in [-0.05, 0) is 31.2 Å². The molecule has 130 valence electrons. The van der Waals surface area contributed by atoms with Crippen LogP contribution in [-0.4, -0.2) is 17.1 Å². The van der Waals surface area contributed by atoms with Crippen LogP contribution in [0.15, 0.2) is 5.11 Å². The molecule has 1 saturated carbocycles. The van der Waals surface area contributed by atoms with Crippen LogP contribution in [0.4, 0.5) is 41.3 Å². The normalized spacial score (nSPS) is 17.7. The Balaban J connectivity index is -0.0000000823. The Morgan fingerprint density at radius 3 is 1.52 bits per heavy atom. The van der Waals surface area contributed by atoms with Crippen molar-refractivity contribution in [3.63, 3.8) is 0 Å². The molecule has 0 aromatic heterocycles. The zero-order chi connectivity index (χ0) is 17.0. The highest BCUT2D eigenvalue weighted by atomic mass is 20.0. The van der Waals surface area contributed by atoms with Crippen molar-refractivity contribution in [3.8, 4) is 0 Å². The first-order valence-electron chi connectivity index (χ1n) is 4.58. The predicted octanol–water partition coefficient (Wildman–Crippen LogP) is 5.45. The van der Waals surface area contributed by atoms with E-state index >= 15 is 0 Å². The lowest BCUT2D eigenvalue weighted by molar-refractivity contribution is -0.142. The molecule has 0 aromatic rings. The number of azide groups is 1. The summed E-state index contributed by atoms with van der Waals surface area (Å²) < 4.78 is 64.0. The first kappa shape index (κ1) is 31.5. The van der Waals surface area contributed by atoms with Crippen LogP contribution in [0, 0.1) is 5.92 Å². The molecule has 1 aliphatic rings. The third kappa shape index (κ3) is 20.6. The number of hydrogen-bond donors (Lipinski definition) is 1. The van der Waals surface area contributed by atoms with Crippen molar-refractivity contribution in [2.75, 3.05) is 0 Å². The van der Waals surface area contributed by atoms with Crippen molar-refractivity contribution in [3.05, 3.63) is 10.4 Å². The van der Waals surface area contributed by atoms with Crippen LogP contribution in [0.1, 0.15) is 25.7 Å². The molecule has 5 nitrogen and oxygen atoms in total. The van der Waals surface area contributed by atoms with Crippen LogP contribution < -0.4 is 0 Å². The van der Waals surface area contributed by atoms with Crippen LogP contribution in [0.3, 0.4) is 0 Å². The van der Waals surface area contributed by atoms with E-state index in [4.69, 9.17) is 47.2 Å². The smallest absolute Gasteiger partial charge is 0.306 e. The molecule has 0 unspecified atom stereocenters. The van der Waals surface area contributed by atoms with Gasteiger partial charge in [-0.15, -0.1) is 0 Å². The van der Waals surface area contributed by atoms with Gasteiger partial charge in [-0.1, -0.05) is 5.11 Å². The van der Waals surface area contributed by atoms with Gasteiger partial charge in [0.1, 0.15) is 0 Å². The van der Waals surface area contributed by atoms with Gasteiger partial charge in [0, 0.05) is 47.5 Å². The van der Waals surface area contributed by atoms with Gasteiger partial charge in [-0.3, -0.25) is 9.50 Å². The minimum atomic E-state index is -0.727. The predicted molar refractivity (Wildman–Crippen MR) is 53.9 cm³/mol. The van der Waals surface area contributed by atoms with Gasteiger partial charge in [-0.25, -0.2) is 0 Å².